The number of carbonyl (C=O) groups excluding carboxylic acids is 1. The molecule has 0 bridgehead atoms. The first-order valence-corrected chi connectivity index (χ1v) is 7.82. The van der Waals surface area contributed by atoms with Crippen LogP contribution < -0.4 is 14.8 Å². The van der Waals surface area contributed by atoms with Crippen molar-refractivity contribution in [1.82, 2.24) is 10.2 Å². The second-order valence-corrected chi connectivity index (χ2v) is 5.91. The van der Waals surface area contributed by atoms with Crippen molar-refractivity contribution in [2.45, 2.75) is 38.8 Å². The Kier molecular flexibility index (Phi) is 5.66. The molecule has 0 unspecified atom stereocenters. The molecule has 0 atom stereocenters. The lowest BCUT2D eigenvalue weighted by atomic mass is 10.0. The molecule has 1 aliphatic rings. The van der Waals surface area contributed by atoms with Gasteiger partial charge in [-0.25, -0.2) is 0 Å². The van der Waals surface area contributed by atoms with Crippen LogP contribution in [0.25, 0.3) is 0 Å². The molecular formula is C17H26N2O3. The first-order chi connectivity index (χ1) is 10.6. The van der Waals surface area contributed by atoms with E-state index >= 15 is 0 Å². The fourth-order valence-corrected chi connectivity index (χ4v) is 2.89. The van der Waals surface area contributed by atoms with Crippen LogP contribution in [-0.4, -0.2) is 50.2 Å². The summed E-state index contributed by atoms with van der Waals surface area (Å²) >= 11 is 0. The van der Waals surface area contributed by atoms with Gasteiger partial charge in [0.15, 0.2) is 0 Å². The molecule has 1 saturated heterocycles. The van der Waals surface area contributed by atoms with Crippen LogP contribution in [0.5, 0.6) is 11.5 Å². The Morgan fingerprint density at radius 3 is 2.18 bits per heavy atom. The first kappa shape index (κ1) is 16.6. The van der Waals surface area contributed by atoms with Gasteiger partial charge in [0.1, 0.15) is 17.1 Å². The maximum Gasteiger partial charge on any atom is 0.259 e. The molecule has 1 N–H and O–H groups in total. The van der Waals surface area contributed by atoms with E-state index in [4.69, 9.17) is 9.47 Å². The summed E-state index contributed by atoms with van der Waals surface area (Å²) in [6.07, 6.45) is 1.95. The van der Waals surface area contributed by atoms with E-state index < -0.39 is 0 Å². The minimum atomic E-state index is -0.128. The number of piperidine rings is 1. The Balaban J connectivity index is 2.04. The monoisotopic (exact) mass is 306 g/mol. The van der Waals surface area contributed by atoms with Crippen LogP contribution in [0.15, 0.2) is 18.2 Å². The zero-order valence-corrected chi connectivity index (χ0v) is 13.9. The Morgan fingerprint density at radius 2 is 1.73 bits per heavy atom. The topological polar surface area (TPSA) is 50.8 Å². The highest BCUT2D eigenvalue weighted by atomic mass is 16.5. The lowest BCUT2D eigenvalue weighted by Gasteiger charge is -2.34. The number of methoxy groups -OCH3 is 2. The molecule has 1 aromatic rings. The predicted octanol–water partition coefficient (Wildman–Crippen LogP) is 2.31. The van der Waals surface area contributed by atoms with Crippen molar-refractivity contribution < 1.29 is 14.3 Å². The summed E-state index contributed by atoms with van der Waals surface area (Å²) < 4.78 is 10.6. The van der Waals surface area contributed by atoms with Crippen LogP contribution in [0.1, 0.15) is 37.0 Å². The van der Waals surface area contributed by atoms with E-state index in [1.165, 1.54) is 0 Å². The SMILES string of the molecule is COc1cccc(OC)c1C(=O)NC1CCN(C(C)C)CC1. The van der Waals surface area contributed by atoms with Crippen molar-refractivity contribution in [3.8, 4) is 11.5 Å². The van der Waals surface area contributed by atoms with E-state index in [0.717, 1.165) is 25.9 Å². The molecule has 2 rings (SSSR count). The van der Waals surface area contributed by atoms with Gasteiger partial charge in [-0.2, -0.15) is 0 Å². The van der Waals surface area contributed by atoms with E-state index in [0.29, 0.717) is 23.1 Å². The van der Waals surface area contributed by atoms with Gasteiger partial charge in [-0.3, -0.25) is 4.79 Å². The van der Waals surface area contributed by atoms with Gasteiger partial charge in [-0.1, -0.05) is 6.07 Å². The van der Waals surface area contributed by atoms with Gasteiger partial charge in [-0.05, 0) is 38.8 Å². The standard InChI is InChI=1S/C17H26N2O3/c1-12(2)19-10-8-13(9-11-19)18-17(20)16-14(21-3)6-5-7-15(16)22-4/h5-7,12-13H,8-11H2,1-4H3,(H,18,20). The Morgan fingerprint density at radius 1 is 1.18 bits per heavy atom. The normalized spacial score (nSPS) is 16.6. The third kappa shape index (κ3) is 3.71. The second-order valence-electron chi connectivity index (χ2n) is 5.91. The number of hydrogen-bond acceptors (Lipinski definition) is 4. The Hall–Kier alpha value is -1.75. The number of amides is 1. The van der Waals surface area contributed by atoms with Crippen molar-refractivity contribution in [3.05, 3.63) is 23.8 Å². The number of nitrogens with one attached hydrogen (secondary N) is 1. The summed E-state index contributed by atoms with van der Waals surface area (Å²) in [6.45, 7) is 6.45. The minimum absolute atomic E-state index is 0.128. The van der Waals surface area contributed by atoms with E-state index in [2.05, 4.69) is 24.1 Å². The van der Waals surface area contributed by atoms with Gasteiger partial charge in [0.2, 0.25) is 0 Å². The predicted molar refractivity (Wildman–Crippen MR) is 86.7 cm³/mol. The van der Waals surface area contributed by atoms with Gasteiger partial charge in [0.05, 0.1) is 14.2 Å². The largest absolute Gasteiger partial charge is 0.496 e. The highest BCUT2D eigenvalue weighted by Crippen LogP contribution is 2.28. The molecule has 5 heteroatoms. The highest BCUT2D eigenvalue weighted by Gasteiger charge is 2.25. The van der Waals surface area contributed by atoms with Crippen LogP contribution in [-0.2, 0) is 0 Å². The van der Waals surface area contributed by atoms with Crippen molar-refractivity contribution in [2.75, 3.05) is 27.3 Å². The first-order valence-electron chi connectivity index (χ1n) is 7.82. The van der Waals surface area contributed by atoms with Gasteiger partial charge >= 0.3 is 0 Å². The maximum atomic E-state index is 12.6. The summed E-state index contributed by atoms with van der Waals surface area (Å²) in [7, 11) is 3.12. The summed E-state index contributed by atoms with van der Waals surface area (Å²) in [5.74, 6) is 0.949. The molecule has 0 radical (unpaired) electrons. The minimum Gasteiger partial charge on any atom is -0.496 e. The van der Waals surface area contributed by atoms with Gasteiger partial charge < -0.3 is 19.7 Å². The van der Waals surface area contributed by atoms with Gasteiger partial charge in [0, 0.05) is 25.2 Å². The summed E-state index contributed by atoms with van der Waals surface area (Å²) in [5, 5.41) is 3.12. The summed E-state index contributed by atoms with van der Waals surface area (Å²) in [5.41, 5.74) is 0.471. The number of benzene rings is 1. The number of rotatable bonds is 5. The highest BCUT2D eigenvalue weighted by molar-refractivity contribution is 5.99. The lowest BCUT2D eigenvalue weighted by Crippen LogP contribution is -2.46. The third-order valence-electron chi connectivity index (χ3n) is 4.25. The van der Waals surface area contributed by atoms with Gasteiger partial charge in [0.25, 0.3) is 5.91 Å². The van der Waals surface area contributed by atoms with E-state index in [9.17, 15) is 4.79 Å². The Labute approximate surface area is 132 Å². The smallest absolute Gasteiger partial charge is 0.259 e. The van der Waals surface area contributed by atoms with Crippen molar-refractivity contribution >= 4 is 5.91 Å². The fraction of sp³-hybridized carbons (Fsp3) is 0.588. The molecule has 0 spiro atoms. The average Bonchev–Trinajstić information content (AvgIpc) is 2.54. The second kappa shape index (κ2) is 7.49. The number of likely N-dealkylation sites (tertiary alicyclic amines) is 1. The van der Waals surface area contributed by atoms with Gasteiger partial charge in [-0.15, -0.1) is 0 Å². The zero-order chi connectivity index (χ0) is 16.1. The number of nitrogens with zero attached hydrogens (tertiary/aromatic N) is 1. The molecule has 1 aliphatic heterocycles. The lowest BCUT2D eigenvalue weighted by molar-refractivity contribution is 0.0894. The quantitative estimate of drug-likeness (QED) is 0.907. The number of ether oxygens (including phenoxy) is 2. The van der Waals surface area contributed by atoms with E-state index in [1.54, 1.807) is 26.4 Å². The van der Waals surface area contributed by atoms with Crippen LogP contribution in [0, 0.1) is 0 Å². The van der Waals surface area contributed by atoms with Crippen molar-refractivity contribution in [3.63, 3.8) is 0 Å². The number of carbonyl (C=O) groups is 1. The molecule has 1 fully saturated rings. The van der Waals surface area contributed by atoms with Crippen molar-refractivity contribution in [2.24, 2.45) is 0 Å². The molecule has 5 nitrogen and oxygen atoms in total. The maximum absolute atomic E-state index is 12.6. The van der Waals surface area contributed by atoms with Crippen LogP contribution in [0.2, 0.25) is 0 Å². The van der Waals surface area contributed by atoms with Crippen LogP contribution in [0.3, 0.4) is 0 Å². The summed E-state index contributed by atoms with van der Waals surface area (Å²) in [6, 6.07) is 6.13. The van der Waals surface area contributed by atoms with E-state index in [-0.39, 0.29) is 11.9 Å². The third-order valence-corrected chi connectivity index (χ3v) is 4.25. The Bertz CT molecular complexity index is 486. The molecule has 1 amide bonds. The molecule has 0 aliphatic carbocycles. The molecule has 122 valence electrons. The average molecular weight is 306 g/mol. The number of hydrogen-bond donors (Lipinski definition) is 1. The molecule has 1 heterocycles. The summed E-state index contributed by atoms with van der Waals surface area (Å²) in [4.78, 5) is 15.0. The van der Waals surface area contributed by atoms with Crippen LogP contribution in [0.4, 0.5) is 0 Å². The molecule has 0 aromatic heterocycles. The van der Waals surface area contributed by atoms with Crippen molar-refractivity contribution in [1.29, 1.82) is 0 Å². The molecule has 22 heavy (non-hydrogen) atoms. The zero-order valence-electron chi connectivity index (χ0n) is 13.9. The molecule has 0 saturated carbocycles. The fourth-order valence-electron chi connectivity index (χ4n) is 2.89. The van der Waals surface area contributed by atoms with Crippen LogP contribution >= 0.6 is 0 Å². The molecule has 1 aromatic carbocycles. The molecular weight excluding hydrogens is 280 g/mol. The van der Waals surface area contributed by atoms with E-state index in [1.807, 2.05) is 6.07 Å².